The van der Waals surface area contributed by atoms with Crippen molar-refractivity contribution in [2.75, 3.05) is 11.9 Å². The van der Waals surface area contributed by atoms with E-state index >= 15 is 0 Å². The number of aryl methyl sites for hydroxylation is 1. The molecule has 3 heteroatoms. The number of hydrogen-bond donors (Lipinski definition) is 0. The fourth-order valence-corrected chi connectivity index (χ4v) is 2.40. The number of alkyl halides is 1. The van der Waals surface area contributed by atoms with Crippen molar-refractivity contribution in [2.24, 2.45) is 0 Å². The van der Waals surface area contributed by atoms with Crippen molar-refractivity contribution in [3.8, 4) is 0 Å². The Morgan fingerprint density at radius 3 is 2.39 bits per heavy atom. The lowest BCUT2D eigenvalue weighted by Crippen LogP contribution is -2.11. The van der Waals surface area contributed by atoms with Gasteiger partial charge in [0.2, 0.25) is 0 Å². The van der Waals surface area contributed by atoms with Crippen LogP contribution in [-0.2, 0) is 5.33 Å². The maximum atomic E-state index is 12.9. The van der Waals surface area contributed by atoms with Crippen LogP contribution >= 0.6 is 15.9 Å². The van der Waals surface area contributed by atoms with E-state index in [0.717, 1.165) is 16.7 Å². The van der Waals surface area contributed by atoms with Gasteiger partial charge in [-0.15, -0.1) is 0 Å². The highest BCUT2D eigenvalue weighted by atomic mass is 79.9. The predicted molar refractivity (Wildman–Crippen MR) is 78.3 cm³/mol. The molecule has 0 fully saturated rings. The molecule has 0 bridgehead atoms. The molecule has 0 amide bonds. The highest BCUT2D eigenvalue weighted by Gasteiger charge is 2.08. The number of nitrogens with zero attached hydrogens (tertiary/aromatic N) is 1. The predicted octanol–water partition coefficient (Wildman–Crippen LogP) is 4.80. The molecule has 18 heavy (non-hydrogen) atoms. The van der Waals surface area contributed by atoms with Crippen molar-refractivity contribution in [3.05, 3.63) is 59.4 Å². The molecule has 0 aliphatic carbocycles. The molecule has 0 unspecified atom stereocenters. The summed E-state index contributed by atoms with van der Waals surface area (Å²) in [5.74, 6) is -0.211. The third-order valence-corrected chi connectivity index (χ3v) is 3.56. The van der Waals surface area contributed by atoms with Crippen LogP contribution in [0.5, 0.6) is 0 Å². The molecule has 0 N–H and O–H groups in total. The third-order valence-electron chi connectivity index (χ3n) is 2.95. The summed E-state index contributed by atoms with van der Waals surface area (Å²) in [4.78, 5) is 2.06. The quantitative estimate of drug-likeness (QED) is 0.736. The molecule has 0 aromatic heterocycles. The second-order valence-electron chi connectivity index (χ2n) is 4.30. The molecule has 0 aliphatic heterocycles. The Morgan fingerprint density at radius 1 is 1.11 bits per heavy atom. The van der Waals surface area contributed by atoms with E-state index in [2.05, 4.69) is 46.0 Å². The molecule has 2 aromatic carbocycles. The van der Waals surface area contributed by atoms with Gasteiger partial charge in [-0.25, -0.2) is 4.39 Å². The van der Waals surface area contributed by atoms with Crippen LogP contribution < -0.4 is 4.90 Å². The standard InChI is InChI=1S/C15H15BrFN/c1-11-3-8-15(12(9-11)10-16)18(2)14-6-4-13(17)5-7-14/h3-9H,10H2,1-2H3. The highest BCUT2D eigenvalue weighted by Crippen LogP contribution is 2.29. The van der Waals surface area contributed by atoms with Crippen molar-refractivity contribution in [2.45, 2.75) is 12.3 Å². The van der Waals surface area contributed by atoms with Crippen LogP contribution in [-0.4, -0.2) is 7.05 Å². The van der Waals surface area contributed by atoms with E-state index in [4.69, 9.17) is 0 Å². The number of halogens is 2. The lowest BCUT2D eigenvalue weighted by molar-refractivity contribution is 0.628. The summed E-state index contributed by atoms with van der Waals surface area (Å²) >= 11 is 3.51. The number of anilines is 2. The number of benzene rings is 2. The molecule has 0 saturated carbocycles. The zero-order valence-electron chi connectivity index (χ0n) is 10.5. The Kier molecular flexibility index (Phi) is 4.02. The largest absolute Gasteiger partial charge is 0.344 e. The molecule has 0 heterocycles. The molecule has 0 saturated heterocycles. The summed E-state index contributed by atoms with van der Waals surface area (Å²) in [6, 6.07) is 12.9. The molecule has 0 spiro atoms. The second-order valence-corrected chi connectivity index (χ2v) is 4.86. The number of rotatable bonds is 3. The summed E-state index contributed by atoms with van der Waals surface area (Å²) < 4.78 is 12.9. The SMILES string of the molecule is Cc1ccc(N(C)c2ccc(F)cc2)c(CBr)c1. The van der Waals surface area contributed by atoms with Crippen molar-refractivity contribution in [1.82, 2.24) is 0 Å². The summed E-state index contributed by atoms with van der Waals surface area (Å²) in [6.45, 7) is 2.08. The first kappa shape index (κ1) is 13.1. The minimum Gasteiger partial charge on any atom is -0.344 e. The first-order valence-electron chi connectivity index (χ1n) is 5.76. The van der Waals surface area contributed by atoms with E-state index in [1.807, 2.05) is 7.05 Å². The van der Waals surface area contributed by atoms with E-state index in [9.17, 15) is 4.39 Å². The molecular weight excluding hydrogens is 293 g/mol. The Labute approximate surface area is 115 Å². The van der Waals surface area contributed by atoms with Crippen LogP contribution in [0.4, 0.5) is 15.8 Å². The maximum absolute atomic E-state index is 12.9. The minimum absolute atomic E-state index is 0.211. The van der Waals surface area contributed by atoms with Gasteiger partial charge in [0.05, 0.1) is 0 Å². The molecular formula is C15H15BrFN. The fraction of sp³-hybridized carbons (Fsp3) is 0.200. The summed E-state index contributed by atoms with van der Waals surface area (Å²) in [7, 11) is 1.99. The normalized spacial score (nSPS) is 10.4. The summed E-state index contributed by atoms with van der Waals surface area (Å²) in [5, 5.41) is 0.801. The Morgan fingerprint density at radius 2 is 1.78 bits per heavy atom. The first-order valence-corrected chi connectivity index (χ1v) is 6.89. The van der Waals surface area contributed by atoms with E-state index in [1.54, 1.807) is 12.1 Å². The molecule has 2 rings (SSSR count). The van der Waals surface area contributed by atoms with Gasteiger partial charge in [0, 0.05) is 23.8 Å². The number of hydrogen-bond acceptors (Lipinski definition) is 1. The molecule has 0 atom stereocenters. The van der Waals surface area contributed by atoms with E-state index in [0.29, 0.717) is 0 Å². The maximum Gasteiger partial charge on any atom is 0.123 e. The van der Waals surface area contributed by atoms with Crippen LogP contribution in [0.2, 0.25) is 0 Å². The van der Waals surface area contributed by atoms with Crippen LogP contribution in [0.25, 0.3) is 0 Å². The van der Waals surface area contributed by atoms with E-state index < -0.39 is 0 Å². The monoisotopic (exact) mass is 307 g/mol. The van der Waals surface area contributed by atoms with Crippen LogP contribution in [0.3, 0.4) is 0 Å². The highest BCUT2D eigenvalue weighted by molar-refractivity contribution is 9.08. The molecule has 0 aliphatic rings. The van der Waals surface area contributed by atoms with Crippen LogP contribution in [0.1, 0.15) is 11.1 Å². The zero-order chi connectivity index (χ0) is 13.1. The van der Waals surface area contributed by atoms with Gasteiger partial charge in [0.25, 0.3) is 0 Å². The average molecular weight is 308 g/mol. The third kappa shape index (κ3) is 2.72. The lowest BCUT2D eigenvalue weighted by atomic mass is 10.1. The molecule has 94 valence electrons. The fourth-order valence-electron chi connectivity index (χ4n) is 1.95. The topological polar surface area (TPSA) is 3.24 Å². The van der Waals surface area contributed by atoms with Gasteiger partial charge in [-0.2, -0.15) is 0 Å². The second kappa shape index (κ2) is 5.53. The summed E-state index contributed by atoms with van der Waals surface area (Å²) in [5.41, 5.74) is 4.56. The van der Waals surface area contributed by atoms with Gasteiger partial charge < -0.3 is 4.90 Å². The van der Waals surface area contributed by atoms with Gasteiger partial charge in [-0.3, -0.25) is 0 Å². The Bertz CT molecular complexity index is 537. The van der Waals surface area contributed by atoms with Gasteiger partial charge >= 0.3 is 0 Å². The smallest absolute Gasteiger partial charge is 0.123 e. The summed E-state index contributed by atoms with van der Waals surface area (Å²) in [6.07, 6.45) is 0. The van der Waals surface area contributed by atoms with Gasteiger partial charge in [0.15, 0.2) is 0 Å². The van der Waals surface area contributed by atoms with Crippen LogP contribution in [0, 0.1) is 12.7 Å². The van der Waals surface area contributed by atoms with Crippen molar-refractivity contribution >= 4 is 27.3 Å². The van der Waals surface area contributed by atoms with Gasteiger partial charge in [-0.1, -0.05) is 33.6 Å². The van der Waals surface area contributed by atoms with Gasteiger partial charge in [-0.05, 0) is 42.8 Å². The van der Waals surface area contributed by atoms with Gasteiger partial charge in [0.1, 0.15) is 5.82 Å². The molecule has 0 radical (unpaired) electrons. The Balaban J connectivity index is 2.39. The van der Waals surface area contributed by atoms with Crippen molar-refractivity contribution < 1.29 is 4.39 Å². The lowest BCUT2D eigenvalue weighted by Gasteiger charge is -2.22. The van der Waals surface area contributed by atoms with E-state index in [1.165, 1.54) is 23.3 Å². The van der Waals surface area contributed by atoms with Crippen molar-refractivity contribution in [1.29, 1.82) is 0 Å². The average Bonchev–Trinajstić information content (AvgIpc) is 2.38. The van der Waals surface area contributed by atoms with Crippen LogP contribution in [0.15, 0.2) is 42.5 Å². The zero-order valence-corrected chi connectivity index (χ0v) is 12.0. The molecule has 1 nitrogen and oxygen atoms in total. The molecule has 2 aromatic rings. The Hall–Kier alpha value is -1.35. The van der Waals surface area contributed by atoms with Crippen molar-refractivity contribution in [3.63, 3.8) is 0 Å². The first-order chi connectivity index (χ1) is 8.61. The minimum atomic E-state index is -0.211. The van der Waals surface area contributed by atoms with E-state index in [-0.39, 0.29) is 5.82 Å².